The molecule has 2 aromatic rings. The van der Waals surface area contributed by atoms with E-state index in [2.05, 4.69) is 10.6 Å². The van der Waals surface area contributed by atoms with Gasteiger partial charge in [0.1, 0.15) is 11.5 Å². The second kappa shape index (κ2) is 17.7. The quantitative estimate of drug-likeness (QED) is 0.319. The number of hydrogen-bond donors (Lipinski definition) is 2. The van der Waals surface area contributed by atoms with Crippen LogP contribution in [-0.4, -0.2) is 61.9 Å². The van der Waals surface area contributed by atoms with Crippen molar-refractivity contribution in [2.45, 2.75) is 91.1 Å². The number of nitrogens with one attached hydrogen (secondary N) is 2. The van der Waals surface area contributed by atoms with Gasteiger partial charge in [0.2, 0.25) is 5.91 Å². The highest BCUT2D eigenvalue weighted by molar-refractivity contribution is 5.97. The van der Waals surface area contributed by atoms with Crippen molar-refractivity contribution < 1.29 is 23.9 Å². The van der Waals surface area contributed by atoms with E-state index >= 15 is 0 Å². The monoisotopic (exact) mass is 593 g/mol. The van der Waals surface area contributed by atoms with Crippen LogP contribution in [0.5, 0.6) is 11.5 Å². The summed E-state index contributed by atoms with van der Waals surface area (Å²) in [6, 6.07) is 13.0. The molecule has 43 heavy (non-hydrogen) atoms. The maximum atomic E-state index is 13.2. The number of carbonyl (C=O) groups excluding carboxylic acids is 3. The van der Waals surface area contributed by atoms with Gasteiger partial charge >= 0.3 is 0 Å². The second-order valence-corrected chi connectivity index (χ2v) is 11.3. The van der Waals surface area contributed by atoms with Gasteiger partial charge in [-0.25, -0.2) is 0 Å². The molecule has 8 nitrogen and oxygen atoms in total. The topological polar surface area (TPSA) is 97.0 Å². The van der Waals surface area contributed by atoms with Crippen LogP contribution in [0, 0.1) is 5.92 Å². The van der Waals surface area contributed by atoms with E-state index < -0.39 is 6.04 Å². The number of ketones is 1. The first kappa shape index (κ1) is 34.1. The van der Waals surface area contributed by atoms with Gasteiger partial charge in [0.15, 0.2) is 5.78 Å². The van der Waals surface area contributed by atoms with Gasteiger partial charge < -0.3 is 25.0 Å². The minimum absolute atomic E-state index is 0.0255. The summed E-state index contributed by atoms with van der Waals surface area (Å²) >= 11 is 0. The molecule has 1 saturated carbocycles. The molecule has 2 atom stereocenters. The maximum absolute atomic E-state index is 13.2. The number of carbonyl (C=O) groups is 3. The molecule has 8 heteroatoms. The number of methoxy groups -OCH3 is 1. The first-order valence-corrected chi connectivity index (χ1v) is 16.1. The van der Waals surface area contributed by atoms with Crippen molar-refractivity contribution >= 4 is 17.6 Å². The highest BCUT2D eigenvalue weighted by Gasteiger charge is 2.29. The van der Waals surface area contributed by atoms with E-state index in [-0.39, 0.29) is 36.0 Å². The molecule has 1 aliphatic carbocycles. The number of likely N-dealkylation sites (tertiary alicyclic amines) is 1. The second-order valence-electron chi connectivity index (χ2n) is 11.3. The molecule has 0 spiro atoms. The molecule has 4 rings (SSSR count). The summed E-state index contributed by atoms with van der Waals surface area (Å²) < 4.78 is 11.0. The Morgan fingerprint density at radius 1 is 1.00 bits per heavy atom. The zero-order valence-electron chi connectivity index (χ0n) is 26.7. The molecule has 2 aromatic carbocycles. The highest BCUT2D eigenvalue weighted by atomic mass is 16.5. The Kier molecular flexibility index (Phi) is 14.0. The molecule has 0 bridgehead atoms. The van der Waals surface area contributed by atoms with E-state index in [0.29, 0.717) is 25.3 Å². The zero-order chi connectivity index (χ0) is 31.2. The predicted molar refractivity (Wildman–Crippen MR) is 171 cm³/mol. The van der Waals surface area contributed by atoms with Crippen LogP contribution < -0.4 is 20.1 Å². The minimum atomic E-state index is -0.427. The van der Waals surface area contributed by atoms with Crippen LogP contribution in [0.2, 0.25) is 0 Å². The summed E-state index contributed by atoms with van der Waals surface area (Å²) in [6.45, 7) is 10.2. The summed E-state index contributed by atoms with van der Waals surface area (Å²) in [5.74, 6) is 1.75. The summed E-state index contributed by atoms with van der Waals surface area (Å²) in [7, 11) is 1.63. The Labute approximate surface area is 257 Å². The lowest BCUT2D eigenvalue weighted by atomic mass is 9.82. The van der Waals surface area contributed by atoms with Crippen molar-refractivity contribution in [2.75, 3.05) is 33.4 Å². The predicted octanol–water partition coefficient (Wildman–Crippen LogP) is 5.88. The van der Waals surface area contributed by atoms with Crippen LogP contribution >= 0.6 is 0 Å². The van der Waals surface area contributed by atoms with Crippen molar-refractivity contribution in [2.24, 2.45) is 5.92 Å². The molecular formula is C35H51N3O5. The largest absolute Gasteiger partial charge is 0.497 e. The molecule has 1 heterocycles. The van der Waals surface area contributed by atoms with Gasteiger partial charge in [0, 0.05) is 42.7 Å². The number of Topliss-reactive ketones (excluding diaryl/α,β-unsaturated/α-hetero) is 1. The first-order valence-electron chi connectivity index (χ1n) is 16.1. The summed E-state index contributed by atoms with van der Waals surface area (Å²) in [5, 5.41) is 6.31. The van der Waals surface area contributed by atoms with Crippen LogP contribution in [0.25, 0.3) is 0 Å². The number of nitrogens with zero attached hydrogens (tertiary/aromatic N) is 1. The van der Waals surface area contributed by atoms with Crippen molar-refractivity contribution in [3.8, 4) is 11.5 Å². The van der Waals surface area contributed by atoms with E-state index in [1.165, 1.54) is 6.42 Å². The zero-order valence-corrected chi connectivity index (χ0v) is 26.7. The van der Waals surface area contributed by atoms with Crippen molar-refractivity contribution in [1.82, 2.24) is 15.5 Å². The molecule has 236 valence electrons. The molecule has 2 aliphatic rings. The molecule has 2 amide bonds. The van der Waals surface area contributed by atoms with Crippen molar-refractivity contribution in [3.05, 3.63) is 59.2 Å². The van der Waals surface area contributed by atoms with Crippen LogP contribution in [-0.2, 0) is 16.1 Å². The van der Waals surface area contributed by atoms with Crippen molar-refractivity contribution in [3.63, 3.8) is 0 Å². The van der Waals surface area contributed by atoms with E-state index in [0.717, 1.165) is 67.7 Å². The molecule has 2 N–H and O–H groups in total. The average Bonchev–Trinajstić information content (AvgIpc) is 3.05. The molecule has 1 aliphatic heterocycles. The SMILES string of the molecule is CC.CCOc1cc(OC)ccc1CNCC(=O)N1CCCC(c2cccc(C(=O)NC(C(C)=O)C3CCCCC3)c2)C1. The molecule has 1 saturated heterocycles. The van der Waals surface area contributed by atoms with Gasteiger partial charge in [-0.2, -0.15) is 0 Å². The molecule has 0 radical (unpaired) electrons. The summed E-state index contributed by atoms with van der Waals surface area (Å²) in [4.78, 5) is 40.6. The van der Waals surface area contributed by atoms with Gasteiger partial charge in [-0.05, 0) is 69.2 Å². The van der Waals surface area contributed by atoms with Gasteiger partial charge in [-0.1, -0.05) is 51.3 Å². The lowest BCUT2D eigenvalue weighted by molar-refractivity contribution is -0.131. The maximum Gasteiger partial charge on any atom is 0.251 e. The standard InChI is InChI=1S/C33H45N3O5.C2H6/c1-4-41-30-19-29(40-3)16-15-27(30)20-34-21-31(38)36-17-9-14-28(22-36)25-12-8-13-26(18-25)33(39)35-32(23(2)37)24-10-6-5-7-11-24;1-2/h8,12-13,15-16,18-19,24,28,32,34H,4-7,9-11,14,17,20-22H2,1-3H3,(H,35,39);1-2H3. The normalized spacial score (nSPS) is 17.7. The van der Waals surface area contributed by atoms with Crippen LogP contribution in [0.15, 0.2) is 42.5 Å². The van der Waals surface area contributed by atoms with E-state index in [1.807, 2.05) is 68.1 Å². The van der Waals surface area contributed by atoms with Crippen LogP contribution in [0.3, 0.4) is 0 Å². The molecule has 2 fully saturated rings. The fraction of sp³-hybridized carbons (Fsp3) is 0.571. The fourth-order valence-electron chi connectivity index (χ4n) is 6.17. The number of piperidine rings is 1. The van der Waals surface area contributed by atoms with E-state index in [4.69, 9.17) is 9.47 Å². The number of ether oxygens (including phenoxy) is 2. The van der Waals surface area contributed by atoms with E-state index in [1.54, 1.807) is 14.0 Å². The Bertz CT molecular complexity index is 1190. The van der Waals surface area contributed by atoms with Crippen LogP contribution in [0.4, 0.5) is 0 Å². The first-order chi connectivity index (χ1) is 20.9. The summed E-state index contributed by atoms with van der Waals surface area (Å²) in [6.07, 6.45) is 7.27. The fourth-order valence-corrected chi connectivity index (χ4v) is 6.17. The van der Waals surface area contributed by atoms with Gasteiger partial charge in [-0.3, -0.25) is 14.4 Å². The third-order valence-corrected chi connectivity index (χ3v) is 8.41. The molecule has 2 unspecified atom stereocenters. The lowest BCUT2D eigenvalue weighted by Gasteiger charge is -2.33. The Morgan fingerprint density at radius 2 is 1.77 bits per heavy atom. The van der Waals surface area contributed by atoms with Crippen molar-refractivity contribution in [1.29, 1.82) is 0 Å². The minimum Gasteiger partial charge on any atom is -0.497 e. The summed E-state index contributed by atoms with van der Waals surface area (Å²) in [5.41, 5.74) is 2.60. The Balaban J connectivity index is 0.00000248. The Hall–Kier alpha value is -3.39. The van der Waals surface area contributed by atoms with E-state index in [9.17, 15) is 14.4 Å². The molecular weight excluding hydrogens is 542 g/mol. The Morgan fingerprint density at radius 3 is 2.47 bits per heavy atom. The lowest BCUT2D eigenvalue weighted by Crippen LogP contribution is -2.45. The van der Waals surface area contributed by atoms with Crippen LogP contribution in [0.1, 0.15) is 100 Å². The third-order valence-electron chi connectivity index (χ3n) is 8.41. The van der Waals surface area contributed by atoms with Gasteiger partial charge in [0.25, 0.3) is 5.91 Å². The third kappa shape index (κ3) is 9.82. The van der Waals surface area contributed by atoms with Gasteiger partial charge in [-0.15, -0.1) is 0 Å². The average molecular weight is 594 g/mol. The smallest absolute Gasteiger partial charge is 0.251 e. The molecule has 0 aromatic heterocycles. The highest BCUT2D eigenvalue weighted by Crippen LogP contribution is 2.29. The number of hydrogen-bond acceptors (Lipinski definition) is 6. The number of rotatable bonds is 12. The van der Waals surface area contributed by atoms with Gasteiger partial charge in [0.05, 0.1) is 26.3 Å². The number of amides is 2. The number of benzene rings is 2.